The van der Waals surface area contributed by atoms with E-state index in [-0.39, 0.29) is 11.9 Å². The van der Waals surface area contributed by atoms with Crippen molar-refractivity contribution in [2.24, 2.45) is 0 Å². The number of aromatic nitrogens is 1. The third-order valence-corrected chi connectivity index (χ3v) is 6.34. The number of halogens is 3. The van der Waals surface area contributed by atoms with E-state index >= 15 is 0 Å². The zero-order chi connectivity index (χ0) is 22.1. The lowest BCUT2D eigenvalue weighted by Crippen LogP contribution is -2.17. The van der Waals surface area contributed by atoms with Gasteiger partial charge in [0.25, 0.3) is 0 Å². The number of rotatable bonds is 5. The molecule has 5 rings (SSSR count). The van der Waals surface area contributed by atoms with E-state index < -0.39 is 11.7 Å². The molecule has 0 spiro atoms. The number of hydrogen-bond acceptors (Lipinski definition) is 6. The van der Waals surface area contributed by atoms with Crippen molar-refractivity contribution in [3.63, 3.8) is 0 Å². The van der Waals surface area contributed by atoms with Crippen LogP contribution in [0.2, 0.25) is 0 Å². The maximum atomic E-state index is 13.7. The van der Waals surface area contributed by atoms with Crippen molar-refractivity contribution in [3.8, 4) is 22.8 Å². The molecule has 1 aliphatic carbocycles. The minimum Gasteiger partial charge on any atom is -0.490 e. The first-order chi connectivity index (χ1) is 15.5. The lowest BCUT2D eigenvalue weighted by molar-refractivity contribution is -0.139. The zero-order valence-electron chi connectivity index (χ0n) is 17.2. The maximum Gasteiger partial charge on any atom is 0.420 e. The lowest BCUT2D eigenvalue weighted by Gasteiger charge is -2.19. The van der Waals surface area contributed by atoms with Crippen LogP contribution >= 0.6 is 11.3 Å². The van der Waals surface area contributed by atoms with Crippen LogP contribution in [0.1, 0.15) is 31.2 Å². The minimum atomic E-state index is -4.50. The van der Waals surface area contributed by atoms with Crippen LogP contribution in [-0.2, 0) is 6.18 Å². The Morgan fingerprint density at radius 3 is 2.78 bits per heavy atom. The fourth-order valence-electron chi connectivity index (χ4n) is 4.01. The van der Waals surface area contributed by atoms with Gasteiger partial charge in [0.15, 0.2) is 5.13 Å². The van der Waals surface area contributed by atoms with Crippen molar-refractivity contribution >= 4 is 27.8 Å². The van der Waals surface area contributed by atoms with E-state index in [1.165, 1.54) is 17.4 Å². The highest BCUT2D eigenvalue weighted by atomic mass is 32.1. The van der Waals surface area contributed by atoms with Crippen LogP contribution in [0.5, 0.6) is 11.5 Å². The van der Waals surface area contributed by atoms with E-state index in [2.05, 4.69) is 15.6 Å². The Balaban J connectivity index is 1.35. The highest BCUT2D eigenvalue weighted by Crippen LogP contribution is 2.40. The molecule has 0 unspecified atom stereocenters. The fraction of sp³-hybridized carbons (Fsp3) is 0.348. The van der Waals surface area contributed by atoms with Gasteiger partial charge in [-0.15, -0.1) is 11.3 Å². The van der Waals surface area contributed by atoms with Crippen molar-refractivity contribution in [2.45, 2.75) is 38.0 Å². The molecule has 1 fully saturated rings. The Bertz CT molecular complexity index is 1110. The monoisotopic (exact) mass is 461 g/mol. The van der Waals surface area contributed by atoms with Gasteiger partial charge in [0, 0.05) is 23.2 Å². The van der Waals surface area contributed by atoms with Crippen LogP contribution in [0.25, 0.3) is 11.3 Å². The standard InChI is InChI=1S/C23H22F3N3O2S/c24-23(25,26)17-12-15(6-8-20(17)31-16-3-1-2-4-16)28-22-29-19(13-32-22)14-5-7-21-18(11-14)27-9-10-30-21/h5-8,11-13,16,27H,1-4,9-10H2,(H,28,29). The first kappa shape index (κ1) is 20.9. The minimum absolute atomic E-state index is 0.112. The molecular formula is C23H22F3N3O2S. The van der Waals surface area contributed by atoms with Gasteiger partial charge in [0.05, 0.1) is 23.0 Å². The molecular weight excluding hydrogens is 439 g/mol. The number of hydrogen-bond donors (Lipinski definition) is 2. The number of benzene rings is 2. The van der Waals surface area contributed by atoms with Crippen molar-refractivity contribution in [1.29, 1.82) is 0 Å². The highest BCUT2D eigenvalue weighted by molar-refractivity contribution is 7.14. The summed E-state index contributed by atoms with van der Waals surface area (Å²) in [5.74, 6) is 0.687. The number of fused-ring (bicyclic) bond motifs is 1. The number of alkyl halides is 3. The van der Waals surface area contributed by atoms with Crippen LogP contribution in [0.3, 0.4) is 0 Å². The molecule has 2 heterocycles. The van der Waals surface area contributed by atoms with Crippen molar-refractivity contribution in [2.75, 3.05) is 23.8 Å². The summed E-state index contributed by atoms with van der Waals surface area (Å²) in [5, 5.41) is 8.67. The summed E-state index contributed by atoms with van der Waals surface area (Å²) < 4.78 is 52.3. The molecule has 3 aromatic rings. The van der Waals surface area contributed by atoms with Gasteiger partial charge >= 0.3 is 6.18 Å². The lowest BCUT2D eigenvalue weighted by atomic mass is 10.1. The first-order valence-corrected chi connectivity index (χ1v) is 11.5. The molecule has 2 N–H and O–H groups in total. The molecule has 168 valence electrons. The fourth-order valence-corrected chi connectivity index (χ4v) is 4.74. The Hall–Kier alpha value is -2.94. The zero-order valence-corrected chi connectivity index (χ0v) is 18.0. The molecule has 0 amide bonds. The molecule has 1 aromatic heterocycles. The van der Waals surface area contributed by atoms with E-state index in [1.54, 1.807) is 6.07 Å². The highest BCUT2D eigenvalue weighted by Gasteiger charge is 2.35. The summed E-state index contributed by atoms with van der Waals surface area (Å²) in [4.78, 5) is 4.55. The predicted octanol–water partition coefficient (Wildman–Crippen LogP) is 6.70. The van der Waals surface area contributed by atoms with E-state index in [0.717, 1.165) is 61.0 Å². The largest absolute Gasteiger partial charge is 0.490 e. The summed E-state index contributed by atoms with van der Waals surface area (Å²) in [5.41, 5.74) is 2.10. The summed E-state index contributed by atoms with van der Waals surface area (Å²) >= 11 is 1.33. The van der Waals surface area contributed by atoms with E-state index in [4.69, 9.17) is 9.47 Å². The second kappa shape index (κ2) is 8.54. The third-order valence-electron chi connectivity index (χ3n) is 5.59. The number of thiazole rings is 1. The normalized spacial score (nSPS) is 16.2. The van der Waals surface area contributed by atoms with E-state index in [0.29, 0.717) is 17.4 Å². The maximum absolute atomic E-state index is 13.7. The summed E-state index contributed by atoms with van der Waals surface area (Å²) in [6.07, 6.45) is -1.07. The van der Waals surface area contributed by atoms with Gasteiger partial charge in [-0.1, -0.05) is 0 Å². The summed E-state index contributed by atoms with van der Waals surface area (Å²) in [6, 6.07) is 9.85. The van der Waals surface area contributed by atoms with Gasteiger partial charge in [-0.25, -0.2) is 4.98 Å². The number of nitrogens with zero attached hydrogens (tertiary/aromatic N) is 1. The molecule has 32 heavy (non-hydrogen) atoms. The van der Waals surface area contributed by atoms with Gasteiger partial charge in [-0.2, -0.15) is 13.2 Å². The SMILES string of the molecule is FC(F)(F)c1cc(Nc2nc(-c3ccc4c(c3)NCCO4)cs2)ccc1OC1CCCC1. The van der Waals surface area contributed by atoms with Gasteiger partial charge in [-0.3, -0.25) is 0 Å². The van der Waals surface area contributed by atoms with Crippen LogP contribution in [0.4, 0.5) is 29.7 Å². The van der Waals surface area contributed by atoms with Crippen molar-refractivity contribution in [1.82, 2.24) is 4.98 Å². The van der Waals surface area contributed by atoms with Crippen molar-refractivity contribution < 1.29 is 22.6 Å². The van der Waals surface area contributed by atoms with Gasteiger partial charge < -0.3 is 20.1 Å². The molecule has 0 saturated heterocycles. The number of anilines is 3. The van der Waals surface area contributed by atoms with Crippen LogP contribution in [0, 0.1) is 0 Å². The average molecular weight is 462 g/mol. The molecule has 5 nitrogen and oxygen atoms in total. The average Bonchev–Trinajstić information content (AvgIpc) is 3.46. The van der Waals surface area contributed by atoms with Gasteiger partial charge in [-0.05, 0) is 62.1 Å². The third kappa shape index (κ3) is 4.48. The molecule has 2 aromatic carbocycles. The Kier molecular flexibility index (Phi) is 5.58. The molecule has 2 aliphatic rings. The summed E-state index contributed by atoms with van der Waals surface area (Å²) in [7, 11) is 0. The second-order valence-corrected chi connectivity index (χ2v) is 8.74. The topological polar surface area (TPSA) is 55.4 Å². The number of nitrogens with one attached hydrogen (secondary N) is 2. The number of ether oxygens (including phenoxy) is 2. The Morgan fingerprint density at radius 1 is 1.12 bits per heavy atom. The molecule has 0 radical (unpaired) electrons. The molecule has 1 saturated carbocycles. The van der Waals surface area contributed by atoms with Crippen molar-refractivity contribution in [3.05, 3.63) is 47.3 Å². The van der Waals surface area contributed by atoms with E-state index in [9.17, 15) is 13.2 Å². The predicted molar refractivity (Wildman–Crippen MR) is 119 cm³/mol. The van der Waals surface area contributed by atoms with Crippen LogP contribution in [-0.4, -0.2) is 24.2 Å². The molecule has 0 bridgehead atoms. The molecule has 9 heteroatoms. The molecule has 1 aliphatic heterocycles. The van der Waals surface area contributed by atoms with Crippen LogP contribution in [0.15, 0.2) is 41.8 Å². The van der Waals surface area contributed by atoms with Gasteiger partial charge in [0.2, 0.25) is 0 Å². The molecule has 0 atom stereocenters. The Morgan fingerprint density at radius 2 is 1.97 bits per heavy atom. The summed E-state index contributed by atoms with van der Waals surface area (Å²) in [6.45, 7) is 1.36. The van der Waals surface area contributed by atoms with E-state index in [1.807, 2.05) is 23.6 Å². The first-order valence-electron chi connectivity index (χ1n) is 10.6. The van der Waals surface area contributed by atoms with Gasteiger partial charge in [0.1, 0.15) is 18.1 Å². The Labute approximate surface area is 187 Å². The second-order valence-electron chi connectivity index (χ2n) is 7.88. The smallest absolute Gasteiger partial charge is 0.420 e. The van der Waals surface area contributed by atoms with Crippen LogP contribution < -0.4 is 20.1 Å². The quantitative estimate of drug-likeness (QED) is 0.443.